The summed E-state index contributed by atoms with van der Waals surface area (Å²) in [4.78, 5) is 24.1. The van der Waals surface area contributed by atoms with Gasteiger partial charge in [-0.2, -0.15) is 13.2 Å². The van der Waals surface area contributed by atoms with Gasteiger partial charge >= 0.3 is 6.18 Å². The van der Waals surface area contributed by atoms with Crippen molar-refractivity contribution in [1.82, 2.24) is 0 Å². The van der Waals surface area contributed by atoms with Crippen LogP contribution in [0.25, 0.3) is 0 Å². The first kappa shape index (κ1) is 16.7. The fourth-order valence-electron chi connectivity index (χ4n) is 1.97. The van der Waals surface area contributed by atoms with Crippen LogP contribution in [0.15, 0.2) is 54.6 Å². The second kappa shape index (κ2) is 6.62. The van der Waals surface area contributed by atoms with Crippen LogP contribution in [0.5, 0.6) is 0 Å². The van der Waals surface area contributed by atoms with E-state index in [1.807, 2.05) is 0 Å². The number of halogens is 3. The Balaban J connectivity index is 2.22. The zero-order valence-electron chi connectivity index (χ0n) is 11.8. The molecule has 0 fully saturated rings. The number of hydrogen-bond donors (Lipinski definition) is 2. The van der Waals surface area contributed by atoms with E-state index in [9.17, 15) is 22.8 Å². The minimum Gasteiger partial charge on any atom is -0.324 e. The molecule has 0 saturated carbocycles. The van der Waals surface area contributed by atoms with Crippen LogP contribution >= 0.6 is 0 Å². The van der Waals surface area contributed by atoms with Crippen LogP contribution < -0.4 is 11.1 Å². The highest BCUT2D eigenvalue weighted by Crippen LogP contribution is 2.32. The van der Waals surface area contributed by atoms with Gasteiger partial charge in [0.1, 0.15) is 6.04 Å². The Morgan fingerprint density at radius 2 is 1.52 bits per heavy atom. The molecule has 1 atom stereocenters. The average molecular weight is 322 g/mol. The molecule has 3 N–H and O–H groups in total. The average Bonchev–Trinajstić information content (AvgIpc) is 2.53. The van der Waals surface area contributed by atoms with Gasteiger partial charge in [0.05, 0.1) is 5.56 Å². The molecule has 0 radical (unpaired) electrons. The Kier molecular flexibility index (Phi) is 4.80. The van der Waals surface area contributed by atoms with Crippen molar-refractivity contribution < 1.29 is 22.8 Å². The Morgan fingerprint density at radius 1 is 0.957 bits per heavy atom. The number of amides is 1. The third kappa shape index (κ3) is 3.95. The van der Waals surface area contributed by atoms with E-state index in [1.54, 1.807) is 30.3 Å². The summed E-state index contributed by atoms with van der Waals surface area (Å²) >= 11 is 0. The number of rotatable bonds is 4. The summed E-state index contributed by atoms with van der Waals surface area (Å²) < 4.78 is 38.8. The molecule has 0 aromatic heterocycles. The quantitative estimate of drug-likeness (QED) is 0.671. The number of para-hydroxylation sites is 1. The van der Waals surface area contributed by atoms with E-state index >= 15 is 0 Å². The maximum Gasteiger partial charge on any atom is 0.417 e. The van der Waals surface area contributed by atoms with E-state index in [0.29, 0.717) is 5.69 Å². The van der Waals surface area contributed by atoms with Crippen LogP contribution in [-0.2, 0) is 11.0 Å². The predicted octanol–water partition coefficient (Wildman–Crippen LogP) is 2.85. The summed E-state index contributed by atoms with van der Waals surface area (Å²) in [6.07, 6.45) is -4.71. The summed E-state index contributed by atoms with van der Waals surface area (Å²) in [6.45, 7) is 0. The van der Waals surface area contributed by atoms with E-state index in [-0.39, 0.29) is 0 Å². The van der Waals surface area contributed by atoms with E-state index in [4.69, 9.17) is 5.73 Å². The zero-order chi connectivity index (χ0) is 17.0. The lowest BCUT2D eigenvalue weighted by atomic mass is 9.98. The lowest BCUT2D eigenvalue weighted by molar-refractivity contribution is -0.138. The Morgan fingerprint density at radius 3 is 2.13 bits per heavy atom. The number of alkyl halides is 3. The number of carbonyl (C=O) groups is 2. The summed E-state index contributed by atoms with van der Waals surface area (Å²) in [7, 11) is 0. The SMILES string of the molecule is NC(C(=O)Nc1ccccc1)C(=O)c1ccccc1C(F)(F)F. The molecule has 1 amide bonds. The molecule has 120 valence electrons. The second-order valence-electron chi connectivity index (χ2n) is 4.74. The Bertz CT molecular complexity index is 715. The molecular weight excluding hydrogens is 309 g/mol. The number of carbonyl (C=O) groups excluding carboxylic acids is 2. The molecule has 7 heteroatoms. The first-order valence-electron chi connectivity index (χ1n) is 6.62. The van der Waals surface area contributed by atoms with Crippen LogP contribution in [0.2, 0.25) is 0 Å². The number of ketones is 1. The third-order valence-corrected chi connectivity index (χ3v) is 3.10. The van der Waals surface area contributed by atoms with E-state index in [2.05, 4.69) is 5.32 Å². The molecule has 23 heavy (non-hydrogen) atoms. The summed E-state index contributed by atoms with van der Waals surface area (Å²) in [5.74, 6) is -1.97. The van der Waals surface area contributed by atoms with E-state index < -0.39 is 35.0 Å². The van der Waals surface area contributed by atoms with Gasteiger partial charge in [0.2, 0.25) is 5.91 Å². The van der Waals surface area contributed by atoms with Gasteiger partial charge in [-0.15, -0.1) is 0 Å². The van der Waals surface area contributed by atoms with Crippen LogP contribution in [0.4, 0.5) is 18.9 Å². The molecule has 0 aliphatic rings. The van der Waals surface area contributed by atoms with Crippen molar-refractivity contribution in [1.29, 1.82) is 0 Å². The van der Waals surface area contributed by atoms with Crippen molar-refractivity contribution in [3.05, 3.63) is 65.7 Å². The monoisotopic (exact) mass is 322 g/mol. The highest BCUT2D eigenvalue weighted by molar-refractivity contribution is 6.17. The fourth-order valence-corrected chi connectivity index (χ4v) is 1.97. The van der Waals surface area contributed by atoms with Crippen molar-refractivity contribution in [2.75, 3.05) is 5.32 Å². The van der Waals surface area contributed by atoms with E-state index in [1.165, 1.54) is 6.07 Å². The van der Waals surface area contributed by atoms with Gasteiger partial charge in [0.25, 0.3) is 0 Å². The maximum absolute atomic E-state index is 12.9. The lowest BCUT2D eigenvalue weighted by Gasteiger charge is -2.15. The molecule has 0 spiro atoms. The van der Waals surface area contributed by atoms with Crippen molar-refractivity contribution in [3.8, 4) is 0 Å². The standard InChI is InChI=1S/C16H13F3N2O2/c17-16(18,19)12-9-5-4-8-11(12)14(22)13(20)15(23)21-10-6-2-1-3-7-10/h1-9,13H,20H2,(H,21,23). The third-order valence-electron chi connectivity index (χ3n) is 3.10. The minimum absolute atomic E-state index is 0.393. The zero-order valence-corrected chi connectivity index (χ0v) is 11.8. The van der Waals surface area contributed by atoms with Gasteiger partial charge in [0, 0.05) is 11.3 Å². The summed E-state index contributed by atoms with van der Waals surface area (Å²) in [5, 5.41) is 2.38. The van der Waals surface area contributed by atoms with Gasteiger partial charge in [-0.1, -0.05) is 36.4 Å². The molecule has 1 unspecified atom stereocenters. The van der Waals surface area contributed by atoms with Crippen molar-refractivity contribution in [2.24, 2.45) is 5.73 Å². The van der Waals surface area contributed by atoms with Gasteiger partial charge in [-0.05, 0) is 18.2 Å². The molecule has 4 nitrogen and oxygen atoms in total. The van der Waals surface area contributed by atoms with Crippen molar-refractivity contribution in [3.63, 3.8) is 0 Å². The van der Waals surface area contributed by atoms with Gasteiger partial charge in [-0.3, -0.25) is 9.59 Å². The van der Waals surface area contributed by atoms with Gasteiger partial charge in [-0.25, -0.2) is 0 Å². The predicted molar refractivity (Wildman–Crippen MR) is 78.8 cm³/mol. The number of Topliss-reactive ketones (excluding diaryl/α,β-unsaturated/α-hetero) is 1. The largest absolute Gasteiger partial charge is 0.417 e. The van der Waals surface area contributed by atoms with Crippen LogP contribution in [-0.4, -0.2) is 17.7 Å². The normalized spacial score (nSPS) is 12.5. The second-order valence-corrected chi connectivity index (χ2v) is 4.74. The Hall–Kier alpha value is -2.67. The molecule has 0 saturated heterocycles. The topological polar surface area (TPSA) is 72.2 Å². The number of benzene rings is 2. The molecule has 2 aromatic carbocycles. The summed E-state index contributed by atoms with van der Waals surface area (Å²) in [6, 6.07) is 10.6. The molecule has 0 aliphatic heterocycles. The highest BCUT2D eigenvalue weighted by Gasteiger charge is 2.36. The molecule has 2 rings (SSSR count). The maximum atomic E-state index is 12.9. The Labute approximate surface area is 130 Å². The van der Waals surface area contributed by atoms with Gasteiger partial charge < -0.3 is 11.1 Å². The number of hydrogen-bond acceptors (Lipinski definition) is 3. The van der Waals surface area contributed by atoms with Crippen LogP contribution in [0, 0.1) is 0 Å². The van der Waals surface area contributed by atoms with Crippen LogP contribution in [0.1, 0.15) is 15.9 Å². The number of anilines is 1. The van der Waals surface area contributed by atoms with E-state index in [0.717, 1.165) is 18.2 Å². The first-order valence-corrected chi connectivity index (χ1v) is 6.62. The highest BCUT2D eigenvalue weighted by atomic mass is 19.4. The van der Waals surface area contributed by atoms with Gasteiger partial charge in [0.15, 0.2) is 5.78 Å². The van der Waals surface area contributed by atoms with Crippen LogP contribution in [0.3, 0.4) is 0 Å². The smallest absolute Gasteiger partial charge is 0.324 e. The number of nitrogens with two attached hydrogens (primary N) is 1. The fraction of sp³-hybridized carbons (Fsp3) is 0.125. The van der Waals surface area contributed by atoms with Crippen molar-refractivity contribution >= 4 is 17.4 Å². The number of nitrogens with one attached hydrogen (secondary N) is 1. The molecule has 0 heterocycles. The molecule has 0 bridgehead atoms. The summed E-state index contributed by atoms with van der Waals surface area (Å²) in [5.41, 5.74) is 4.17. The first-order chi connectivity index (χ1) is 10.8. The molecular formula is C16H13F3N2O2. The minimum atomic E-state index is -4.71. The molecule has 0 aliphatic carbocycles. The van der Waals surface area contributed by atoms with Crippen molar-refractivity contribution in [2.45, 2.75) is 12.2 Å². The molecule has 2 aromatic rings. The lowest BCUT2D eigenvalue weighted by Crippen LogP contribution is -2.43.